The van der Waals surface area contributed by atoms with Crippen molar-refractivity contribution in [3.8, 4) is 5.75 Å². The highest BCUT2D eigenvalue weighted by Crippen LogP contribution is 2.36. The number of phenols is 1. The summed E-state index contributed by atoms with van der Waals surface area (Å²) >= 11 is 0. The van der Waals surface area contributed by atoms with E-state index in [2.05, 4.69) is 24.3 Å². The van der Waals surface area contributed by atoms with Crippen LogP contribution < -0.4 is 0 Å². The average molecular weight is 210 g/mol. The smallest absolute Gasteiger partial charge is 0.123 e. The third kappa shape index (κ3) is 1.40. The lowest BCUT2D eigenvalue weighted by atomic mass is 9.93. The number of phenolic OH excluding ortho intramolecular Hbond substituents is 1. The second-order valence-corrected chi connectivity index (χ2v) is 4.33. The Labute approximate surface area is 95.0 Å². The van der Waals surface area contributed by atoms with Crippen LogP contribution in [-0.4, -0.2) is 5.11 Å². The number of benzene rings is 2. The summed E-state index contributed by atoms with van der Waals surface area (Å²) in [4.78, 5) is 0. The van der Waals surface area contributed by atoms with E-state index >= 15 is 0 Å². The molecular formula is C15H14O. The lowest BCUT2D eigenvalue weighted by Gasteiger charge is -2.12. The first-order chi connectivity index (χ1) is 7.86. The Balaban J connectivity index is 2.25. The van der Waals surface area contributed by atoms with E-state index in [0.29, 0.717) is 11.7 Å². The van der Waals surface area contributed by atoms with Gasteiger partial charge in [0.05, 0.1) is 0 Å². The van der Waals surface area contributed by atoms with Gasteiger partial charge in [0.25, 0.3) is 0 Å². The molecule has 2 aromatic rings. The van der Waals surface area contributed by atoms with Crippen LogP contribution in [-0.2, 0) is 0 Å². The molecule has 1 aliphatic rings. The topological polar surface area (TPSA) is 20.2 Å². The van der Waals surface area contributed by atoms with Crippen LogP contribution in [0.15, 0.2) is 48.6 Å². The first-order valence-corrected chi connectivity index (χ1v) is 5.73. The van der Waals surface area contributed by atoms with Gasteiger partial charge in [0.15, 0.2) is 0 Å². The Bertz CT molecular complexity index is 554. The largest absolute Gasteiger partial charge is 0.507 e. The summed E-state index contributed by atoms with van der Waals surface area (Å²) in [5, 5.41) is 12.0. The maximum Gasteiger partial charge on any atom is 0.123 e. The summed E-state index contributed by atoms with van der Waals surface area (Å²) in [5.41, 5.74) is 1.34. The Kier molecular flexibility index (Phi) is 2.17. The van der Waals surface area contributed by atoms with Gasteiger partial charge in [-0.3, -0.25) is 0 Å². The minimum Gasteiger partial charge on any atom is -0.507 e. The van der Waals surface area contributed by atoms with Gasteiger partial charge in [-0.1, -0.05) is 42.5 Å². The summed E-state index contributed by atoms with van der Waals surface area (Å²) in [7, 11) is 0. The van der Waals surface area contributed by atoms with Crippen LogP contribution >= 0.6 is 0 Å². The van der Waals surface area contributed by atoms with E-state index in [1.165, 1.54) is 23.8 Å². The minimum absolute atomic E-state index is 0.376. The van der Waals surface area contributed by atoms with Crippen molar-refractivity contribution in [2.24, 2.45) is 0 Å². The van der Waals surface area contributed by atoms with Gasteiger partial charge in [0, 0.05) is 11.3 Å². The molecule has 1 aliphatic carbocycles. The standard InChI is InChI=1S/C15H14O/c16-15-10-9-12(11-5-1-2-6-11)13-7-3-4-8-14(13)15/h1,3-5,7-11,16H,2,6H2. The zero-order valence-electron chi connectivity index (χ0n) is 9.06. The summed E-state index contributed by atoms with van der Waals surface area (Å²) in [6.45, 7) is 0. The van der Waals surface area contributed by atoms with E-state index in [4.69, 9.17) is 0 Å². The normalized spacial score (nSPS) is 19.4. The van der Waals surface area contributed by atoms with E-state index in [1.54, 1.807) is 0 Å². The first kappa shape index (κ1) is 9.46. The summed E-state index contributed by atoms with van der Waals surface area (Å²) in [6, 6.07) is 11.9. The fourth-order valence-electron chi connectivity index (χ4n) is 2.52. The van der Waals surface area contributed by atoms with Crippen molar-refractivity contribution >= 4 is 10.8 Å². The molecule has 1 heteroatoms. The summed E-state index contributed by atoms with van der Waals surface area (Å²) in [6.07, 6.45) is 6.87. The van der Waals surface area contributed by atoms with E-state index in [-0.39, 0.29) is 0 Å². The van der Waals surface area contributed by atoms with Gasteiger partial charge in [0.1, 0.15) is 5.75 Å². The van der Waals surface area contributed by atoms with E-state index < -0.39 is 0 Å². The van der Waals surface area contributed by atoms with Crippen LogP contribution in [0.3, 0.4) is 0 Å². The second-order valence-electron chi connectivity index (χ2n) is 4.33. The molecule has 80 valence electrons. The average Bonchev–Trinajstić information content (AvgIpc) is 2.83. The first-order valence-electron chi connectivity index (χ1n) is 5.73. The maximum absolute atomic E-state index is 9.82. The lowest BCUT2D eigenvalue weighted by molar-refractivity contribution is 0.481. The van der Waals surface area contributed by atoms with Gasteiger partial charge >= 0.3 is 0 Å². The van der Waals surface area contributed by atoms with Crippen LogP contribution in [0.1, 0.15) is 24.3 Å². The van der Waals surface area contributed by atoms with Crippen LogP contribution in [0, 0.1) is 0 Å². The maximum atomic E-state index is 9.82. The number of aromatic hydroxyl groups is 1. The number of fused-ring (bicyclic) bond motifs is 1. The molecule has 0 fully saturated rings. The van der Waals surface area contributed by atoms with Crippen LogP contribution in [0.5, 0.6) is 5.75 Å². The van der Waals surface area contributed by atoms with Crippen LogP contribution in [0.2, 0.25) is 0 Å². The van der Waals surface area contributed by atoms with Crippen molar-refractivity contribution in [3.63, 3.8) is 0 Å². The Morgan fingerprint density at radius 1 is 1.00 bits per heavy atom. The zero-order valence-corrected chi connectivity index (χ0v) is 9.06. The molecule has 0 saturated heterocycles. The Morgan fingerprint density at radius 2 is 1.81 bits per heavy atom. The summed E-state index contributed by atoms with van der Waals surface area (Å²) < 4.78 is 0. The second kappa shape index (κ2) is 3.67. The van der Waals surface area contributed by atoms with Gasteiger partial charge in [-0.2, -0.15) is 0 Å². The van der Waals surface area contributed by atoms with Crippen LogP contribution in [0.4, 0.5) is 0 Å². The van der Waals surface area contributed by atoms with Crippen molar-refractivity contribution < 1.29 is 5.11 Å². The molecule has 0 spiro atoms. The Hall–Kier alpha value is -1.76. The van der Waals surface area contributed by atoms with Gasteiger partial charge in [-0.15, -0.1) is 0 Å². The molecule has 0 aromatic heterocycles. The van der Waals surface area contributed by atoms with Gasteiger partial charge in [0.2, 0.25) is 0 Å². The van der Waals surface area contributed by atoms with E-state index in [0.717, 1.165) is 5.39 Å². The lowest BCUT2D eigenvalue weighted by Crippen LogP contribution is -1.92. The molecule has 2 aromatic carbocycles. The molecule has 16 heavy (non-hydrogen) atoms. The highest BCUT2D eigenvalue weighted by molar-refractivity contribution is 5.91. The third-order valence-corrected chi connectivity index (χ3v) is 3.35. The van der Waals surface area contributed by atoms with Crippen molar-refractivity contribution in [2.75, 3.05) is 0 Å². The molecule has 1 atom stereocenters. The van der Waals surface area contributed by atoms with Crippen LogP contribution in [0.25, 0.3) is 10.8 Å². The zero-order chi connectivity index (χ0) is 11.0. The number of hydrogen-bond acceptors (Lipinski definition) is 1. The molecule has 3 rings (SSSR count). The molecule has 0 bridgehead atoms. The molecular weight excluding hydrogens is 196 g/mol. The van der Waals surface area contributed by atoms with Crippen molar-refractivity contribution in [1.29, 1.82) is 0 Å². The molecule has 0 saturated carbocycles. The minimum atomic E-state index is 0.376. The fourth-order valence-corrected chi connectivity index (χ4v) is 2.52. The number of allylic oxidation sites excluding steroid dienone is 2. The predicted molar refractivity (Wildman–Crippen MR) is 66.7 cm³/mol. The molecule has 1 N–H and O–H groups in total. The van der Waals surface area contributed by atoms with Crippen molar-refractivity contribution in [3.05, 3.63) is 54.1 Å². The molecule has 0 amide bonds. The SMILES string of the molecule is Oc1ccc(C2C=CCC2)c2ccccc12. The quantitative estimate of drug-likeness (QED) is 0.706. The number of hydrogen-bond donors (Lipinski definition) is 1. The molecule has 1 unspecified atom stereocenters. The van der Waals surface area contributed by atoms with E-state index in [1.807, 2.05) is 24.3 Å². The predicted octanol–water partition coefficient (Wildman–Crippen LogP) is 3.98. The Morgan fingerprint density at radius 3 is 2.56 bits per heavy atom. The third-order valence-electron chi connectivity index (χ3n) is 3.35. The number of rotatable bonds is 1. The molecule has 0 heterocycles. The van der Waals surface area contributed by atoms with Crippen molar-refractivity contribution in [1.82, 2.24) is 0 Å². The summed E-state index contributed by atoms with van der Waals surface area (Å²) in [5.74, 6) is 0.895. The fraction of sp³-hybridized carbons (Fsp3) is 0.200. The monoisotopic (exact) mass is 210 g/mol. The van der Waals surface area contributed by atoms with E-state index in [9.17, 15) is 5.11 Å². The molecule has 1 nitrogen and oxygen atoms in total. The molecule has 0 radical (unpaired) electrons. The van der Waals surface area contributed by atoms with Gasteiger partial charge in [-0.05, 0) is 29.9 Å². The van der Waals surface area contributed by atoms with Gasteiger partial charge < -0.3 is 5.11 Å². The highest BCUT2D eigenvalue weighted by Gasteiger charge is 2.15. The highest BCUT2D eigenvalue weighted by atomic mass is 16.3. The molecule has 0 aliphatic heterocycles. The van der Waals surface area contributed by atoms with Crippen molar-refractivity contribution in [2.45, 2.75) is 18.8 Å². The van der Waals surface area contributed by atoms with Gasteiger partial charge in [-0.25, -0.2) is 0 Å².